The van der Waals surface area contributed by atoms with E-state index in [0.29, 0.717) is 36.1 Å². The summed E-state index contributed by atoms with van der Waals surface area (Å²) in [6, 6.07) is 17.6. The number of para-hydroxylation sites is 1. The van der Waals surface area contributed by atoms with Gasteiger partial charge < -0.3 is 15.0 Å². The predicted octanol–water partition coefficient (Wildman–Crippen LogP) is 7.29. The first-order valence-corrected chi connectivity index (χ1v) is 15.3. The molecule has 0 aliphatic carbocycles. The van der Waals surface area contributed by atoms with Crippen molar-refractivity contribution in [1.29, 1.82) is 0 Å². The molecular formula is C33H39N5O3S. The second-order valence-electron chi connectivity index (χ2n) is 11.9. The third-order valence-corrected chi connectivity index (χ3v) is 8.47. The van der Waals surface area contributed by atoms with E-state index in [1.54, 1.807) is 11.8 Å². The van der Waals surface area contributed by atoms with Crippen LogP contribution < -0.4 is 15.4 Å². The molecule has 1 aliphatic rings. The summed E-state index contributed by atoms with van der Waals surface area (Å²) in [6.45, 7) is 9.77. The third-order valence-electron chi connectivity index (χ3n) is 7.75. The van der Waals surface area contributed by atoms with Gasteiger partial charge in [0.25, 0.3) is 5.91 Å². The van der Waals surface area contributed by atoms with Gasteiger partial charge in [0.05, 0.1) is 24.1 Å². The molecule has 4 aromatic rings. The number of thiophene rings is 1. The molecule has 1 aliphatic heterocycles. The molecule has 42 heavy (non-hydrogen) atoms. The fraction of sp³-hybridized carbons (Fsp3) is 0.364. The molecule has 9 heteroatoms. The quantitative estimate of drug-likeness (QED) is 0.238. The lowest BCUT2D eigenvalue weighted by atomic mass is 9.89. The van der Waals surface area contributed by atoms with Crippen LogP contribution >= 0.6 is 11.3 Å². The number of anilines is 2. The molecule has 0 bridgehead atoms. The number of rotatable bonds is 7. The van der Waals surface area contributed by atoms with Gasteiger partial charge in [0.15, 0.2) is 0 Å². The van der Waals surface area contributed by atoms with Crippen molar-refractivity contribution < 1.29 is 14.3 Å². The number of carbonyl (C=O) groups excluding carboxylic acids is 2. The van der Waals surface area contributed by atoms with Crippen molar-refractivity contribution in [3.63, 3.8) is 0 Å². The molecule has 3 amide bonds. The highest BCUT2D eigenvalue weighted by atomic mass is 32.1. The minimum Gasteiger partial charge on any atom is -0.495 e. The lowest BCUT2D eigenvalue weighted by Gasteiger charge is -2.32. The Morgan fingerprint density at radius 3 is 2.43 bits per heavy atom. The van der Waals surface area contributed by atoms with E-state index >= 15 is 0 Å². The molecule has 3 heterocycles. The summed E-state index contributed by atoms with van der Waals surface area (Å²) < 4.78 is 7.13. The number of likely N-dealkylation sites (tertiary alicyclic amines) is 1. The van der Waals surface area contributed by atoms with Gasteiger partial charge in [0, 0.05) is 41.0 Å². The summed E-state index contributed by atoms with van der Waals surface area (Å²) in [7, 11) is 1.60. The summed E-state index contributed by atoms with van der Waals surface area (Å²) >= 11 is 1.48. The van der Waals surface area contributed by atoms with Crippen LogP contribution in [-0.4, -0.2) is 46.8 Å². The molecule has 2 aromatic carbocycles. The van der Waals surface area contributed by atoms with E-state index < -0.39 is 0 Å². The van der Waals surface area contributed by atoms with E-state index in [0.717, 1.165) is 47.5 Å². The van der Waals surface area contributed by atoms with Crippen molar-refractivity contribution in [2.45, 2.75) is 52.4 Å². The number of ether oxygens (including phenoxy) is 1. The minimum absolute atomic E-state index is 0.0322. The fourth-order valence-corrected chi connectivity index (χ4v) is 6.00. The van der Waals surface area contributed by atoms with Crippen LogP contribution in [0.15, 0.2) is 65.4 Å². The summed E-state index contributed by atoms with van der Waals surface area (Å²) in [5.74, 6) is 1.70. The summed E-state index contributed by atoms with van der Waals surface area (Å²) in [4.78, 5) is 28.2. The normalized spacial score (nSPS) is 14.1. The van der Waals surface area contributed by atoms with Crippen LogP contribution in [0.25, 0.3) is 5.69 Å². The SMILES string of the molecule is COc1cscc1C(=O)N1CCC(Cc2ccccc2NC(=O)Nc2cc(C(C)(C)C)nn2-c2ccc(C)cc2)CC1. The highest BCUT2D eigenvalue weighted by Gasteiger charge is 2.27. The third kappa shape index (κ3) is 6.68. The van der Waals surface area contributed by atoms with E-state index in [4.69, 9.17) is 9.84 Å². The van der Waals surface area contributed by atoms with Gasteiger partial charge in [-0.1, -0.05) is 56.7 Å². The van der Waals surface area contributed by atoms with Gasteiger partial charge in [-0.2, -0.15) is 5.10 Å². The number of methoxy groups -OCH3 is 1. The molecule has 5 rings (SSSR count). The monoisotopic (exact) mass is 585 g/mol. The molecule has 1 saturated heterocycles. The van der Waals surface area contributed by atoms with Gasteiger partial charge in [0.2, 0.25) is 0 Å². The predicted molar refractivity (Wildman–Crippen MR) is 169 cm³/mol. The van der Waals surface area contributed by atoms with Crippen molar-refractivity contribution in [2.75, 3.05) is 30.8 Å². The number of nitrogens with one attached hydrogen (secondary N) is 2. The number of hydrogen-bond acceptors (Lipinski definition) is 5. The maximum Gasteiger partial charge on any atom is 0.324 e. The van der Waals surface area contributed by atoms with Gasteiger partial charge in [-0.3, -0.25) is 10.1 Å². The molecule has 0 spiro atoms. The summed E-state index contributed by atoms with van der Waals surface area (Å²) in [6.07, 6.45) is 2.64. The average Bonchev–Trinajstić information content (AvgIpc) is 3.62. The lowest BCUT2D eigenvalue weighted by molar-refractivity contribution is 0.0688. The van der Waals surface area contributed by atoms with Crippen molar-refractivity contribution in [1.82, 2.24) is 14.7 Å². The van der Waals surface area contributed by atoms with Crippen LogP contribution in [0, 0.1) is 12.8 Å². The molecule has 0 atom stereocenters. The average molecular weight is 586 g/mol. The van der Waals surface area contributed by atoms with E-state index in [1.165, 1.54) is 11.3 Å². The largest absolute Gasteiger partial charge is 0.495 e. The molecule has 220 valence electrons. The van der Waals surface area contributed by atoms with Crippen molar-refractivity contribution in [2.24, 2.45) is 5.92 Å². The Balaban J connectivity index is 1.24. The Hall–Kier alpha value is -4.11. The molecule has 0 unspecified atom stereocenters. The van der Waals surface area contributed by atoms with Crippen molar-refractivity contribution in [3.05, 3.63) is 87.7 Å². The Morgan fingerprint density at radius 2 is 1.74 bits per heavy atom. The highest BCUT2D eigenvalue weighted by molar-refractivity contribution is 7.08. The fourth-order valence-electron chi connectivity index (χ4n) is 5.23. The van der Waals surface area contributed by atoms with Crippen molar-refractivity contribution >= 4 is 34.8 Å². The zero-order valence-corrected chi connectivity index (χ0v) is 25.8. The Morgan fingerprint density at radius 1 is 1.02 bits per heavy atom. The zero-order chi connectivity index (χ0) is 29.9. The Labute approximate surface area is 251 Å². The van der Waals surface area contributed by atoms with Gasteiger partial charge in [0.1, 0.15) is 11.6 Å². The standard InChI is InChI=1S/C33H39N5O3S/c1-22-10-12-25(13-11-22)38-30(19-29(36-38)33(2,3)4)35-32(40)34-27-9-7-6-8-24(27)18-23-14-16-37(17-15-23)31(39)26-20-42-21-28(26)41-5/h6-13,19-21,23H,14-18H2,1-5H3,(H2,34,35,40). The van der Waals surface area contributed by atoms with Gasteiger partial charge >= 0.3 is 6.03 Å². The molecule has 0 saturated carbocycles. The number of aryl methyl sites for hydroxylation is 1. The van der Waals surface area contributed by atoms with Crippen LogP contribution in [-0.2, 0) is 11.8 Å². The smallest absolute Gasteiger partial charge is 0.324 e. The molecule has 8 nitrogen and oxygen atoms in total. The zero-order valence-electron chi connectivity index (χ0n) is 24.9. The number of aromatic nitrogens is 2. The summed E-state index contributed by atoms with van der Waals surface area (Å²) in [5, 5.41) is 14.6. The van der Waals surface area contributed by atoms with Crippen LogP contribution in [0.5, 0.6) is 5.75 Å². The molecule has 2 aromatic heterocycles. The van der Waals surface area contributed by atoms with E-state index in [-0.39, 0.29) is 17.4 Å². The maximum absolute atomic E-state index is 13.3. The van der Waals surface area contributed by atoms with E-state index in [9.17, 15) is 9.59 Å². The first-order valence-electron chi connectivity index (χ1n) is 14.4. The van der Waals surface area contributed by atoms with Crippen LogP contribution in [0.1, 0.15) is 60.8 Å². The molecule has 2 N–H and O–H groups in total. The minimum atomic E-state index is -0.318. The van der Waals surface area contributed by atoms with Crippen LogP contribution in [0.3, 0.4) is 0 Å². The van der Waals surface area contributed by atoms with Gasteiger partial charge in [-0.25, -0.2) is 9.48 Å². The van der Waals surface area contributed by atoms with E-state index in [2.05, 4.69) is 37.5 Å². The van der Waals surface area contributed by atoms with Crippen LogP contribution in [0.4, 0.5) is 16.3 Å². The number of urea groups is 1. The lowest BCUT2D eigenvalue weighted by Crippen LogP contribution is -2.39. The second kappa shape index (κ2) is 12.4. The summed E-state index contributed by atoms with van der Waals surface area (Å²) in [5.41, 5.74) is 5.26. The topological polar surface area (TPSA) is 88.5 Å². The van der Waals surface area contributed by atoms with Gasteiger partial charge in [-0.15, -0.1) is 11.3 Å². The number of benzene rings is 2. The highest BCUT2D eigenvalue weighted by Crippen LogP contribution is 2.30. The van der Waals surface area contributed by atoms with E-state index in [1.807, 2.05) is 71.1 Å². The number of hydrogen-bond donors (Lipinski definition) is 2. The Kier molecular flexibility index (Phi) is 8.68. The molecule has 1 fully saturated rings. The maximum atomic E-state index is 13.3. The second-order valence-corrected chi connectivity index (χ2v) is 12.7. The van der Waals surface area contributed by atoms with Crippen molar-refractivity contribution in [3.8, 4) is 11.4 Å². The van der Waals surface area contributed by atoms with Crippen LogP contribution in [0.2, 0.25) is 0 Å². The number of nitrogens with zero attached hydrogens (tertiary/aromatic N) is 3. The number of amides is 3. The van der Waals surface area contributed by atoms with Gasteiger partial charge in [-0.05, 0) is 55.9 Å². The number of carbonyl (C=O) groups is 2. The number of piperidine rings is 1. The molecular weight excluding hydrogens is 546 g/mol. The first-order chi connectivity index (χ1) is 20.1. The molecule has 0 radical (unpaired) electrons. The Bertz CT molecular complexity index is 1540. The first kappa shape index (κ1) is 29.4.